The third-order valence-electron chi connectivity index (χ3n) is 2.04. The summed E-state index contributed by atoms with van der Waals surface area (Å²) in [6, 6.07) is 5.49. The lowest BCUT2D eigenvalue weighted by atomic mass is 10.0. The molecule has 0 saturated carbocycles. The van der Waals surface area contributed by atoms with E-state index in [1.165, 1.54) is 0 Å². The van der Waals surface area contributed by atoms with Crippen LogP contribution >= 0.6 is 15.9 Å². The Morgan fingerprint density at radius 2 is 2.13 bits per heavy atom. The summed E-state index contributed by atoms with van der Waals surface area (Å²) < 4.78 is 0.855. The lowest BCUT2D eigenvalue weighted by Crippen LogP contribution is -2.04. The number of carbonyl (C=O) groups is 2. The van der Waals surface area contributed by atoms with Crippen molar-refractivity contribution in [3.63, 3.8) is 0 Å². The van der Waals surface area contributed by atoms with Crippen molar-refractivity contribution in [3.8, 4) is 0 Å². The van der Waals surface area contributed by atoms with Gasteiger partial charge in [-0.2, -0.15) is 0 Å². The Morgan fingerprint density at radius 3 is 2.73 bits per heavy atom. The van der Waals surface area contributed by atoms with E-state index >= 15 is 0 Å². The molecule has 0 radical (unpaired) electrons. The summed E-state index contributed by atoms with van der Waals surface area (Å²) in [5, 5.41) is 8.72. The van der Waals surface area contributed by atoms with Crippen molar-refractivity contribution in [3.05, 3.63) is 33.8 Å². The Balaban J connectivity index is 2.91. The van der Waals surface area contributed by atoms with E-state index in [0.717, 1.165) is 21.9 Å². The number of hydrogen-bond donors (Lipinski definition) is 1. The van der Waals surface area contributed by atoms with Gasteiger partial charge >= 0.3 is 5.97 Å². The van der Waals surface area contributed by atoms with Crippen molar-refractivity contribution in [1.29, 1.82) is 0 Å². The molecule has 0 unspecified atom stereocenters. The summed E-state index contributed by atoms with van der Waals surface area (Å²) in [6.07, 6.45) is 1.86. The highest BCUT2D eigenvalue weighted by atomic mass is 79.9. The van der Waals surface area contributed by atoms with Crippen LogP contribution in [-0.2, 0) is 22.4 Å². The number of aldehydes is 1. The Hall–Kier alpha value is -1.16. The number of hydrogen-bond acceptors (Lipinski definition) is 2. The lowest BCUT2D eigenvalue weighted by Gasteiger charge is -2.06. The standard InChI is InChI=1S/C11H11BrO3/c12-10-4-3-8(2-1-5-13)9(6-10)7-11(14)15/h3-6H,1-2,7H2,(H,14,15). The second-order valence-electron chi connectivity index (χ2n) is 3.19. The van der Waals surface area contributed by atoms with E-state index in [9.17, 15) is 9.59 Å². The van der Waals surface area contributed by atoms with Gasteiger partial charge in [0.25, 0.3) is 0 Å². The van der Waals surface area contributed by atoms with E-state index in [-0.39, 0.29) is 6.42 Å². The molecular formula is C11H11BrO3. The van der Waals surface area contributed by atoms with Gasteiger partial charge in [-0.3, -0.25) is 4.79 Å². The fraction of sp³-hybridized carbons (Fsp3) is 0.273. The molecule has 0 saturated heterocycles. The predicted octanol–water partition coefficient (Wildman–Crippen LogP) is 2.21. The van der Waals surface area contributed by atoms with Gasteiger partial charge in [0.05, 0.1) is 6.42 Å². The molecule has 0 bridgehead atoms. The van der Waals surface area contributed by atoms with Crippen molar-refractivity contribution in [2.24, 2.45) is 0 Å². The van der Waals surface area contributed by atoms with Gasteiger partial charge in [-0.25, -0.2) is 0 Å². The molecular weight excluding hydrogens is 260 g/mol. The number of rotatable bonds is 5. The quantitative estimate of drug-likeness (QED) is 0.835. The number of halogens is 1. The summed E-state index contributed by atoms with van der Waals surface area (Å²) in [6.45, 7) is 0. The molecule has 1 N–H and O–H groups in total. The van der Waals surface area contributed by atoms with E-state index in [1.54, 1.807) is 6.07 Å². The van der Waals surface area contributed by atoms with Gasteiger partial charge in [0.15, 0.2) is 0 Å². The number of carboxylic acid groups (broad SMARTS) is 1. The minimum atomic E-state index is -0.861. The molecule has 0 spiro atoms. The van der Waals surface area contributed by atoms with Gasteiger partial charge in [0.2, 0.25) is 0 Å². The van der Waals surface area contributed by atoms with Crippen LogP contribution in [0, 0.1) is 0 Å². The first-order valence-electron chi connectivity index (χ1n) is 4.56. The van der Waals surface area contributed by atoms with E-state index in [4.69, 9.17) is 5.11 Å². The van der Waals surface area contributed by atoms with Crippen molar-refractivity contribution >= 4 is 28.2 Å². The highest BCUT2D eigenvalue weighted by Crippen LogP contribution is 2.18. The van der Waals surface area contributed by atoms with Crippen LogP contribution in [-0.4, -0.2) is 17.4 Å². The van der Waals surface area contributed by atoms with E-state index in [2.05, 4.69) is 15.9 Å². The van der Waals surface area contributed by atoms with E-state index in [0.29, 0.717) is 12.8 Å². The second kappa shape index (κ2) is 5.66. The molecule has 3 nitrogen and oxygen atoms in total. The van der Waals surface area contributed by atoms with Gasteiger partial charge in [-0.15, -0.1) is 0 Å². The van der Waals surface area contributed by atoms with Crippen molar-refractivity contribution in [2.75, 3.05) is 0 Å². The zero-order chi connectivity index (χ0) is 11.3. The first kappa shape index (κ1) is 11.9. The summed E-state index contributed by atoms with van der Waals surface area (Å²) in [7, 11) is 0. The zero-order valence-electron chi connectivity index (χ0n) is 8.07. The lowest BCUT2D eigenvalue weighted by molar-refractivity contribution is -0.136. The molecule has 0 amide bonds. The molecule has 0 aliphatic rings. The van der Waals surface area contributed by atoms with Gasteiger partial charge in [-0.1, -0.05) is 22.0 Å². The number of aliphatic carboxylic acids is 1. The van der Waals surface area contributed by atoms with Gasteiger partial charge in [-0.05, 0) is 29.7 Å². The summed E-state index contributed by atoms with van der Waals surface area (Å²) in [5.74, 6) is -0.861. The molecule has 0 aromatic heterocycles. The highest BCUT2D eigenvalue weighted by molar-refractivity contribution is 9.10. The van der Waals surface area contributed by atoms with Crippen LogP contribution in [0.4, 0.5) is 0 Å². The number of carbonyl (C=O) groups excluding carboxylic acids is 1. The maximum Gasteiger partial charge on any atom is 0.307 e. The molecule has 15 heavy (non-hydrogen) atoms. The van der Waals surface area contributed by atoms with Crippen LogP contribution in [0.2, 0.25) is 0 Å². The van der Waals surface area contributed by atoms with Crippen molar-refractivity contribution in [2.45, 2.75) is 19.3 Å². The van der Waals surface area contributed by atoms with Crippen LogP contribution in [0.5, 0.6) is 0 Å². The average Bonchev–Trinajstić information content (AvgIpc) is 2.16. The van der Waals surface area contributed by atoms with E-state index < -0.39 is 5.97 Å². The predicted molar refractivity (Wildman–Crippen MR) is 59.9 cm³/mol. The number of benzene rings is 1. The Bertz CT molecular complexity index is 374. The monoisotopic (exact) mass is 270 g/mol. The molecule has 1 rings (SSSR count). The molecule has 4 heteroatoms. The molecule has 80 valence electrons. The fourth-order valence-electron chi connectivity index (χ4n) is 1.38. The summed E-state index contributed by atoms with van der Waals surface area (Å²) in [5.41, 5.74) is 1.69. The van der Waals surface area contributed by atoms with Crippen LogP contribution in [0.25, 0.3) is 0 Å². The van der Waals surface area contributed by atoms with Gasteiger partial charge in [0.1, 0.15) is 6.29 Å². The Kier molecular flexibility index (Phi) is 4.49. The molecule has 1 aromatic rings. The summed E-state index contributed by atoms with van der Waals surface area (Å²) >= 11 is 3.29. The topological polar surface area (TPSA) is 54.4 Å². The van der Waals surface area contributed by atoms with Crippen LogP contribution < -0.4 is 0 Å². The summed E-state index contributed by atoms with van der Waals surface area (Å²) in [4.78, 5) is 20.9. The van der Waals surface area contributed by atoms with Gasteiger partial charge < -0.3 is 9.90 Å². The van der Waals surface area contributed by atoms with Crippen LogP contribution in [0.15, 0.2) is 22.7 Å². The fourth-order valence-corrected chi connectivity index (χ4v) is 1.79. The first-order chi connectivity index (χ1) is 7.13. The van der Waals surface area contributed by atoms with Crippen molar-refractivity contribution < 1.29 is 14.7 Å². The molecule has 1 aromatic carbocycles. The average molecular weight is 271 g/mol. The van der Waals surface area contributed by atoms with E-state index in [1.807, 2.05) is 12.1 Å². The smallest absolute Gasteiger partial charge is 0.307 e. The normalized spacial score (nSPS) is 9.93. The second-order valence-corrected chi connectivity index (χ2v) is 4.10. The maximum atomic E-state index is 10.6. The SMILES string of the molecule is O=CCCc1ccc(Br)cc1CC(=O)O. The minimum absolute atomic E-state index is 0.00632. The number of aryl methyl sites for hydroxylation is 1. The third-order valence-corrected chi connectivity index (χ3v) is 2.53. The van der Waals surface area contributed by atoms with Gasteiger partial charge in [0, 0.05) is 10.9 Å². The Labute approximate surface area is 96.2 Å². The first-order valence-corrected chi connectivity index (χ1v) is 5.35. The Morgan fingerprint density at radius 1 is 1.40 bits per heavy atom. The molecule has 0 aliphatic heterocycles. The zero-order valence-corrected chi connectivity index (χ0v) is 9.66. The minimum Gasteiger partial charge on any atom is -0.481 e. The molecule has 0 atom stereocenters. The number of carboxylic acids is 1. The molecule has 0 aliphatic carbocycles. The third kappa shape index (κ3) is 3.83. The van der Waals surface area contributed by atoms with Crippen molar-refractivity contribution in [1.82, 2.24) is 0 Å². The maximum absolute atomic E-state index is 10.6. The molecule has 0 fully saturated rings. The molecule has 0 heterocycles. The highest BCUT2D eigenvalue weighted by Gasteiger charge is 2.07. The van der Waals surface area contributed by atoms with Crippen LogP contribution in [0.1, 0.15) is 17.5 Å². The largest absolute Gasteiger partial charge is 0.481 e. The van der Waals surface area contributed by atoms with Crippen LogP contribution in [0.3, 0.4) is 0 Å².